The Morgan fingerprint density at radius 3 is 1.75 bits per heavy atom. The maximum atomic E-state index is 9.20. The van der Waals surface area contributed by atoms with Crippen molar-refractivity contribution in [2.45, 2.75) is 89.7 Å². The van der Waals surface area contributed by atoms with Crippen LogP contribution in [0.5, 0.6) is 11.5 Å². The SMILES string of the molecule is COc1ccc(C(OC2CCCCC2OP(OCCC#N)N(C(C)C)C(C)C)(c2ccccc2)c2ccc(OC)cc2)cc1. The molecular weight excluding hydrogens is 571 g/mol. The molecule has 0 radical (unpaired) electrons. The standard InChI is InChI=1S/C36H47N2O5P/c1-27(2)38(28(3)4)44(41-26-12-25-37)43-35-16-11-10-15-34(35)42-36(29-13-8-7-9-14-29,30-17-21-32(39-5)22-18-30)31-19-23-33(40-6)24-20-31/h7-9,13-14,17-24,27-28,34-35H,10-12,15-16,26H2,1-6H3. The number of hydrogen-bond acceptors (Lipinski definition) is 7. The van der Waals surface area contributed by atoms with E-state index < -0.39 is 14.1 Å². The molecule has 3 unspecified atom stereocenters. The highest BCUT2D eigenvalue weighted by molar-refractivity contribution is 7.44. The first kappa shape index (κ1) is 33.9. The molecule has 0 aromatic heterocycles. The van der Waals surface area contributed by atoms with Crippen molar-refractivity contribution in [3.63, 3.8) is 0 Å². The van der Waals surface area contributed by atoms with Crippen molar-refractivity contribution in [3.05, 3.63) is 95.6 Å². The van der Waals surface area contributed by atoms with Gasteiger partial charge in [0.05, 0.1) is 45.5 Å². The number of hydrogen-bond donors (Lipinski definition) is 0. The molecular formula is C36H47N2O5P. The van der Waals surface area contributed by atoms with E-state index in [1.54, 1.807) is 14.2 Å². The lowest BCUT2D eigenvalue weighted by Gasteiger charge is -2.44. The summed E-state index contributed by atoms with van der Waals surface area (Å²) >= 11 is 0. The molecule has 236 valence electrons. The van der Waals surface area contributed by atoms with Gasteiger partial charge in [0.15, 0.2) is 0 Å². The first-order chi connectivity index (χ1) is 21.3. The molecule has 0 bridgehead atoms. The van der Waals surface area contributed by atoms with Gasteiger partial charge >= 0.3 is 0 Å². The Bertz CT molecular complexity index is 1260. The van der Waals surface area contributed by atoms with Gasteiger partial charge in [-0.25, -0.2) is 4.67 Å². The Hall–Kier alpha value is -2.98. The fourth-order valence-electron chi connectivity index (χ4n) is 5.98. The van der Waals surface area contributed by atoms with Crippen molar-refractivity contribution < 1.29 is 23.3 Å². The zero-order valence-corrected chi connectivity index (χ0v) is 27.8. The third-order valence-electron chi connectivity index (χ3n) is 8.03. The summed E-state index contributed by atoms with van der Waals surface area (Å²) in [5.74, 6) is 1.57. The molecule has 3 atom stereocenters. The van der Waals surface area contributed by atoms with Gasteiger partial charge in [0.2, 0.25) is 0 Å². The molecule has 1 fully saturated rings. The summed E-state index contributed by atoms with van der Waals surface area (Å²) in [6.45, 7) is 8.98. The number of methoxy groups -OCH3 is 2. The maximum Gasteiger partial charge on any atom is 0.259 e. The number of ether oxygens (including phenoxy) is 3. The Balaban J connectivity index is 1.81. The molecule has 0 N–H and O–H groups in total. The monoisotopic (exact) mass is 618 g/mol. The van der Waals surface area contributed by atoms with Crippen LogP contribution in [0, 0.1) is 11.3 Å². The van der Waals surface area contributed by atoms with Crippen molar-refractivity contribution in [1.29, 1.82) is 5.26 Å². The van der Waals surface area contributed by atoms with Crippen LogP contribution in [-0.4, -0.2) is 49.8 Å². The van der Waals surface area contributed by atoms with Gasteiger partial charge in [-0.2, -0.15) is 5.26 Å². The van der Waals surface area contributed by atoms with Crippen molar-refractivity contribution in [1.82, 2.24) is 4.67 Å². The Labute approximate surface area is 265 Å². The molecule has 3 aromatic carbocycles. The van der Waals surface area contributed by atoms with E-state index >= 15 is 0 Å². The van der Waals surface area contributed by atoms with Crippen LogP contribution < -0.4 is 9.47 Å². The molecule has 0 spiro atoms. The largest absolute Gasteiger partial charge is 0.497 e. The minimum atomic E-state index is -1.41. The molecule has 1 aliphatic rings. The van der Waals surface area contributed by atoms with Crippen LogP contribution in [0.15, 0.2) is 78.9 Å². The smallest absolute Gasteiger partial charge is 0.259 e. The van der Waals surface area contributed by atoms with E-state index in [1.165, 1.54) is 0 Å². The van der Waals surface area contributed by atoms with E-state index in [0.29, 0.717) is 13.0 Å². The second-order valence-electron chi connectivity index (χ2n) is 11.6. The van der Waals surface area contributed by atoms with Crippen LogP contribution in [0.3, 0.4) is 0 Å². The van der Waals surface area contributed by atoms with Crippen molar-refractivity contribution >= 4 is 8.53 Å². The van der Waals surface area contributed by atoms with E-state index in [1.807, 2.05) is 30.3 Å². The molecule has 4 rings (SSSR count). The molecule has 0 amide bonds. The molecule has 0 heterocycles. The van der Waals surface area contributed by atoms with Crippen LogP contribution >= 0.6 is 8.53 Å². The summed E-state index contributed by atoms with van der Waals surface area (Å²) in [6, 6.07) is 29.3. The lowest BCUT2D eigenvalue weighted by Crippen LogP contribution is -2.44. The molecule has 1 saturated carbocycles. The quantitative estimate of drug-likeness (QED) is 0.0959. The van der Waals surface area contributed by atoms with Crippen molar-refractivity contribution in [2.24, 2.45) is 0 Å². The fraction of sp³-hybridized carbons (Fsp3) is 0.472. The van der Waals surface area contributed by atoms with Crippen LogP contribution in [0.4, 0.5) is 0 Å². The number of rotatable bonds is 15. The number of benzene rings is 3. The summed E-state index contributed by atoms with van der Waals surface area (Å²) in [5, 5.41) is 9.20. The van der Waals surface area contributed by atoms with E-state index in [2.05, 4.69) is 87.0 Å². The molecule has 0 saturated heterocycles. The highest BCUT2D eigenvalue weighted by Crippen LogP contribution is 2.51. The molecule has 0 aliphatic heterocycles. The number of nitriles is 1. The average Bonchev–Trinajstić information content (AvgIpc) is 3.04. The molecule has 3 aromatic rings. The van der Waals surface area contributed by atoms with E-state index in [0.717, 1.165) is 53.9 Å². The van der Waals surface area contributed by atoms with Gasteiger partial charge in [-0.05, 0) is 81.5 Å². The zero-order valence-electron chi connectivity index (χ0n) is 26.9. The summed E-state index contributed by atoms with van der Waals surface area (Å²) < 4.78 is 34.1. The molecule has 44 heavy (non-hydrogen) atoms. The number of nitrogens with zero attached hydrogens (tertiary/aromatic N) is 2. The molecule has 8 heteroatoms. The summed E-state index contributed by atoms with van der Waals surface area (Å²) in [6.07, 6.45) is 3.75. The minimum Gasteiger partial charge on any atom is -0.497 e. The second kappa shape index (κ2) is 16.4. The highest BCUT2D eigenvalue weighted by Gasteiger charge is 2.44. The van der Waals surface area contributed by atoms with Gasteiger partial charge < -0.3 is 23.3 Å². The molecule has 1 aliphatic carbocycles. The summed E-state index contributed by atoms with van der Waals surface area (Å²) in [4.78, 5) is 0. The van der Waals surface area contributed by atoms with E-state index in [4.69, 9.17) is 23.3 Å². The predicted octanol–water partition coefficient (Wildman–Crippen LogP) is 8.62. The Morgan fingerprint density at radius 2 is 1.27 bits per heavy atom. The van der Waals surface area contributed by atoms with E-state index in [9.17, 15) is 5.26 Å². The van der Waals surface area contributed by atoms with Crippen molar-refractivity contribution in [3.8, 4) is 17.6 Å². The predicted molar refractivity (Wildman–Crippen MR) is 176 cm³/mol. The first-order valence-corrected chi connectivity index (χ1v) is 16.7. The fourth-order valence-corrected chi connectivity index (χ4v) is 7.76. The highest BCUT2D eigenvalue weighted by atomic mass is 31.2. The van der Waals surface area contributed by atoms with Gasteiger partial charge in [0.1, 0.15) is 17.1 Å². The summed E-state index contributed by atoms with van der Waals surface area (Å²) in [5.41, 5.74) is 2.09. The average molecular weight is 619 g/mol. The van der Waals surface area contributed by atoms with Gasteiger partial charge in [-0.15, -0.1) is 0 Å². The van der Waals surface area contributed by atoms with Crippen LogP contribution in [0.2, 0.25) is 0 Å². The molecule has 7 nitrogen and oxygen atoms in total. The topological polar surface area (TPSA) is 73.2 Å². The lowest BCUT2D eigenvalue weighted by atomic mass is 9.79. The van der Waals surface area contributed by atoms with Gasteiger partial charge in [-0.3, -0.25) is 0 Å². The lowest BCUT2D eigenvalue weighted by molar-refractivity contribution is -0.112. The summed E-state index contributed by atoms with van der Waals surface area (Å²) in [7, 11) is 1.94. The zero-order chi connectivity index (χ0) is 31.5. The third kappa shape index (κ3) is 7.99. The van der Waals surface area contributed by atoms with Crippen LogP contribution in [-0.2, 0) is 19.4 Å². The van der Waals surface area contributed by atoms with E-state index in [-0.39, 0.29) is 24.3 Å². The van der Waals surface area contributed by atoms with Gasteiger partial charge in [0.25, 0.3) is 8.53 Å². The maximum absolute atomic E-state index is 9.20. The van der Waals surface area contributed by atoms with Crippen LogP contribution in [0.25, 0.3) is 0 Å². The second-order valence-corrected chi connectivity index (χ2v) is 13.0. The first-order valence-electron chi connectivity index (χ1n) is 15.6. The van der Waals surface area contributed by atoms with Crippen molar-refractivity contribution in [2.75, 3.05) is 20.8 Å². The third-order valence-corrected chi connectivity index (χ3v) is 10.2. The van der Waals surface area contributed by atoms with Gasteiger partial charge in [-0.1, -0.05) is 67.4 Å². The Morgan fingerprint density at radius 1 is 0.773 bits per heavy atom. The Kier molecular flexibility index (Phi) is 12.6. The van der Waals surface area contributed by atoms with Gasteiger partial charge in [0, 0.05) is 12.1 Å². The minimum absolute atomic E-state index is 0.184. The normalized spacial score (nSPS) is 17.9. The van der Waals surface area contributed by atoms with Crippen LogP contribution in [0.1, 0.15) is 76.5 Å².